The number of nitrogens with two attached hydrogens (primary N) is 1. The van der Waals surface area contributed by atoms with Gasteiger partial charge in [0, 0.05) is 0 Å². The molecule has 1 aromatic carbocycles. The molecule has 1 heterocycles. The van der Waals surface area contributed by atoms with Crippen molar-refractivity contribution in [1.82, 2.24) is 14.9 Å². The van der Waals surface area contributed by atoms with E-state index in [2.05, 4.69) is 15.5 Å². The topological polar surface area (TPSA) is 155 Å². The first-order chi connectivity index (χ1) is 11.8. The van der Waals surface area contributed by atoms with E-state index >= 15 is 0 Å². The third-order valence-electron chi connectivity index (χ3n) is 3.03. The van der Waals surface area contributed by atoms with Crippen molar-refractivity contribution >= 4 is 29.0 Å². The van der Waals surface area contributed by atoms with E-state index in [0.29, 0.717) is 5.75 Å². The number of methoxy groups -OCH3 is 1. The standard InChI is InChI=1S/C13H14N6O5S/c1-7-12(21)18(14)13(17-16-7)25-6-11(20)15-9-4-3-8(24-2)5-10(9)19(22)23/h3-5H,6,14H2,1-2H3,(H,15,20). The highest BCUT2D eigenvalue weighted by atomic mass is 32.2. The van der Waals surface area contributed by atoms with Gasteiger partial charge in [0.15, 0.2) is 0 Å². The van der Waals surface area contributed by atoms with Crippen LogP contribution in [0.3, 0.4) is 0 Å². The molecule has 0 spiro atoms. The summed E-state index contributed by atoms with van der Waals surface area (Å²) < 4.78 is 5.71. The molecule has 0 atom stereocenters. The fourth-order valence-corrected chi connectivity index (χ4v) is 2.43. The van der Waals surface area contributed by atoms with Crippen LogP contribution < -0.4 is 21.5 Å². The number of carbonyl (C=O) groups is 1. The van der Waals surface area contributed by atoms with Crippen LogP contribution in [0, 0.1) is 17.0 Å². The normalized spacial score (nSPS) is 10.3. The first-order valence-corrected chi connectivity index (χ1v) is 7.78. The molecule has 0 aliphatic rings. The van der Waals surface area contributed by atoms with Gasteiger partial charge in [0.05, 0.1) is 23.9 Å². The van der Waals surface area contributed by atoms with E-state index in [1.165, 1.54) is 32.2 Å². The molecule has 0 aliphatic heterocycles. The van der Waals surface area contributed by atoms with Gasteiger partial charge in [0.2, 0.25) is 11.1 Å². The summed E-state index contributed by atoms with van der Waals surface area (Å²) in [6.45, 7) is 1.46. The lowest BCUT2D eigenvalue weighted by Crippen LogP contribution is -2.32. The van der Waals surface area contributed by atoms with Gasteiger partial charge in [-0.1, -0.05) is 11.8 Å². The highest BCUT2D eigenvalue weighted by Crippen LogP contribution is 2.29. The van der Waals surface area contributed by atoms with Crippen LogP contribution in [0.1, 0.15) is 5.69 Å². The summed E-state index contributed by atoms with van der Waals surface area (Å²) in [5.74, 6) is 5.15. The molecular weight excluding hydrogens is 352 g/mol. The second-order valence-electron chi connectivity index (χ2n) is 4.72. The van der Waals surface area contributed by atoms with E-state index in [0.717, 1.165) is 16.4 Å². The van der Waals surface area contributed by atoms with Gasteiger partial charge in [-0.2, -0.15) is 4.68 Å². The van der Waals surface area contributed by atoms with Gasteiger partial charge in [-0.05, 0) is 19.1 Å². The van der Waals surface area contributed by atoms with Crippen LogP contribution in [0.2, 0.25) is 0 Å². The molecule has 0 aliphatic carbocycles. The van der Waals surface area contributed by atoms with E-state index in [1.807, 2.05) is 0 Å². The SMILES string of the molecule is COc1ccc(NC(=O)CSc2nnc(C)c(=O)n2N)c([N+](=O)[O-])c1. The maximum absolute atomic E-state index is 12.0. The van der Waals surface area contributed by atoms with Crippen LogP contribution in [0.25, 0.3) is 0 Å². The molecule has 0 saturated heterocycles. The highest BCUT2D eigenvalue weighted by Gasteiger charge is 2.18. The van der Waals surface area contributed by atoms with Crippen LogP contribution in [0.15, 0.2) is 28.2 Å². The van der Waals surface area contributed by atoms with Crippen molar-refractivity contribution in [2.24, 2.45) is 0 Å². The number of rotatable bonds is 6. The summed E-state index contributed by atoms with van der Waals surface area (Å²) in [6, 6.07) is 4.05. The molecule has 1 amide bonds. The average Bonchev–Trinajstić information content (AvgIpc) is 2.59. The van der Waals surface area contributed by atoms with Gasteiger partial charge >= 0.3 is 0 Å². The number of thioether (sulfide) groups is 1. The van der Waals surface area contributed by atoms with Crippen molar-refractivity contribution in [1.29, 1.82) is 0 Å². The van der Waals surface area contributed by atoms with Crippen molar-refractivity contribution in [2.75, 3.05) is 24.0 Å². The number of benzene rings is 1. The molecule has 2 rings (SSSR count). The number of aryl methyl sites for hydroxylation is 1. The number of nitrogen functional groups attached to an aromatic ring is 1. The molecule has 132 valence electrons. The number of nitro benzene ring substituents is 1. The fraction of sp³-hybridized carbons (Fsp3) is 0.231. The van der Waals surface area contributed by atoms with Crippen molar-refractivity contribution in [3.63, 3.8) is 0 Å². The number of hydrogen-bond acceptors (Lipinski definition) is 9. The van der Waals surface area contributed by atoms with E-state index in [9.17, 15) is 19.7 Å². The lowest BCUT2D eigenvalue weighted by molar-refractivity contribution is -0.384. The smallest absolute Gasteiger partial charge is 0.296 e. The molecule has 3 N–H and O–H groups in total. The van der Waals surface area contributed by atoms with E-state index in [4.69, 9.17) is 10.6 Å². The van der Waals surface area contributed by atoms with Crippen molar-refractivity contribution in [2.45, 2.75) is 12.1 Å². The highest BCUT2D eigenvalue weighted by molar-refractivity contribution is 7.99. The number of ether oxygens (including phenoxy) is 1. The van der Waals surface area contributed by atoms with Gasteiger partial charge in [-0.25, -0.2) is 0 Å². The van der Waals surface area contributed by atoms with E-state index < -0.39 is 16.4 Å². The molecule has 2 aromatic rings. The quantitative estimate of drug-likeness (QED) is 0.318. The Morgan fingerprint density at radius 2 is 2.20 bits per heavy atom. The molecular formula is C13H14N6O5S. The number of nitro groups is 1. The lowest BCUT2D eigenvalue weighted by atomic mass is 10.2. The number of nitrogens with zero attached hydrogens (tertiary/aromatic N) is 4. The summed E-state index contributed by atoms with van der Waals surface area (Å²) in [7, 11) is 1.38. The fourth-order valence-electron chi connectivity index (χ4n) is 1.78. The monoisotopic (exact) mass is 366 g/mol. The Morgan fingerprint density at radius 3 is 2.84 bits per heavy atom. The molecule has 11 nitrogen and oxygen atoms in total. The predicted octanol–water partition coefficient (Wildman–Crippen LogP) is 0.308. The van der Waals surface area contributed by atoms with E-state index in [1.54, 1.807) is 0 Å². The van der Waals surface area contributed by atoms with Gasteiger partial charge in [-0.3, -0.25) is 19.7 Å². The number of carbonyl (C=O) groups excluding carboxylic acids is 1. The van der Waals surface area contributed by atoms with Gasteiger partial charge in [0.25, 0.3) is 11.2 Å². The molecule has 0 bridgehead atoms. The predicted molar refractivity (Wildman–Crippen MR) is 90.2 cm³/mol. The molecule has 0 radical (unpaired) electrons. The summed E-state index contributed by atoms with van der Waals surface area (Å²) >= 11 is 0.877. The Bertz CT molecular complexity index is 884. The van der Waals surface area contributed by atoms with Gasteiger partial charge in [0.1, 0.15) is 17.1 Å². The molecule has 12 heteroatoms. The first kappa shape index (κ1) is 18.2. The average molecular weight is 366 g/mol. The minimum atomic E-state index is -0.631. The van der Waals surface area contributed by atoms with E-state index in [-0.39, 0.29) is 28.0 Å². The Kier molecular flexibility index (Phi) is 5.54. The lowest BCUT2D eigenvalue weighted by Gasteiger charge is -2.08. The zero-order valence-electron chi connectivity index (χ0n) is 13.3. The Balaban J connectivity index is 2.10. The van der Waals surface area contributed by atoms with Crippen molar-refractivity contribution in [3.8, 4) is 5.75 Å². The summed E-state index contributed by atoms with van der Waals surface area (Å²) in [5, 5.41) is 20.9. The van der Waals surface area contributed by atoms with Crippen LogP contribution in [-0.2, 0) is 4.79 Å². The summed E-state index contributed by atoms with van der Waals surface area (Å²) in [5.41, 5.74) is -0.672. The van der Waals surface area contributed by atoms with Gasteiger partial charge < -0.3 is 15.9 Å². The number of nitrogens with one attached hydrogen (secondary N) is 1. The van der Waals surface area contributed by atoms with Crippen LogP contribution >= 0.6 is 11.8 Å². The minimum absolute atomic E-state index is 0.0246. The third-order valence-corrected chi connectivity index (χ3v) is 3.97. The minimum Gasteiger partial charge on any atom is -0.496 e. The first-order valence-electron chi connectivity index (χ1n) is 6.80. The number of amides is 1. The number of anilines is 1. The third kappa shape index (κ3) is 4.23. The molecule has 0 saturated carbocycles. The Morgan fingerprint density at radius 1 is 1.48 bits per heavy atom. The number of hydrogen-bond donors (Lipinski definition) is 2. The zero-order valence-corrected chi connectivity index (χ0v) is 14.1. The summed E-state index contributed by atoms with van der Waals surface area (Å²) in [6.07, 6.45) is 0. The molecule has 0 unspecified atom stereocenters. The Labute approximate surface area is 145 Å². The Hall–Kier alpha value is -3.15. The molecule has 1 aromatic heterocycles. The summed E-state index contributed by atoms with van der Waals surface area (Å²) in [4.78, 5) is 34.1. The van der Waals surface area contributed by atoms with Crippen LogP contribution in [0.4, 0.5) is 11.4 Å². The second kappa shape index (κ2) is 7.61. The molecule has 25 heavy (non-hydrogen) atoms. The maximum Gasteiger partial charge on any atom is 0.296 e. The van der Waals surface area contributed by atoms with Crippen LogP contribution in [0.5, 0.6) is 5.75 Å². The largest absolute Gasteiger partial charge is 0.496 e. The zero-order chi connectivity index (χ0) is 18.6. The molecule has 0 fully saturated rings. The number of aromatic nitrogens is 3. The van der Waals surface area contributed by atoms with Gasteiger partial charge in [-0.15, -0.1) is 10.2 Å². The van der Waals surface area contributed by atoms with Crippen molar-refractivity contribution in [3.05, 3.63) is 44.4 Å². The van der Waals surface area contributed by atoms with Crippen molar-refractivity contribution < 1.29 is 14.5 Å². The second-order valence-corrected chi connectivity index (χ2v) is 5.66. The van der Waals surface area contributed by atoms with Crippen LogP contribution in [-0.4, -0.2) is 38.6 Å². The maximum atomic E-state index is 12.0.